The fourth-order valence-corrected chi connectivity index (χ4v) is 4.13. The van der Waals surface area contributed by atoms with E-state index in [-0.39, 0.29) is 19.4 Å². The third-order valence-corrected chi connectivity index (χ3v) is 6.46. The maximum Gasteiger partial charge on any atom is 0.472 e. The van der Waals surface area contributed by atoms with Crippen molar-refractivity contribution in [1.29, 1.82) is 0 Å². The highest BCUT2D eigenvalue weighted by atomic mass is 31.2. The van der Waals surface area contributed by atoms with Crippen LogP contribution in [-0.4, -0.2) is 65.7 Å². The minimum atomic E-state index is -4.58. The number of hydrogen-bond donors (Lipinski definition) is 3. The first-order valence-electron chi connectivity index (χ1n) is 13.5. The van der Waals surface area contributed by atoms with Gasteiger partial charge in [0, 0.05) is 12.8 Å². The van der Waals surface area contributed by atoms with Crippen molar-refractivity contribution in [3.8, 4) is 0 Å². The summed E-state index contributed by atoms with van der Waals surface area (Å²) in [6.07, 6.45) is 11.5. The Morgan fingerprint density at radius 3 is 1.72 bits per heavy atom. The van der Waals surface area contributed by atoms with Crippen LogP contribution in [0.5, 0.6) is 0 Å². The quantitative estimate of drug-likeness (QED) is 0.0836. The number of aliphatic hydroxyl groups is 2. The molecule has 0 aliphatic heterocycles. The van der Waals surface area contributed by atoms with Gasteiger partial charge in [-0.3, -0.25) is 18.6 Å². The van der Waals surface area contributed by atoms with Crippen LogP contribution in [0, 0.1) is 0 Å². The van der Waals surface area contributed by atoms with Gasteiger partial charge in [0.2, 0.25) is 0 Å². The van der Waals surface area contributed by atoms with Gasteiger partial charge in [0.05, 0.1) is 19.8 Å². The van der Waals surface area contributed by atoms with Gasteiger partial charge in [-0.05, 0) is 12.8 Å². The van der Waals surface area contributed by atoms with Crippen molar-refractivity contribution in [2.45, 2.75) is 122 Å². The van der Waals surface area contributed by atoms with Crippen molar-refractivity contribution >= 4 is 19.8 Å². The molecule has 0 fully saturated rings. The van der Waals surface area contributed by atoms with Crippen LogP contribution in [0.4, 0.5) is 0 Å². The van der Waals surface area contributed by atoms with Crippen molar-refractivity contribution in [2.24, 2.45) is 0 Å². The number of phosphoric acid groups is 1. The Labute approximate surface area is 216 Å². The van der Waals surface area contributed by atoms with Gasteiger partial charge in [0.1, 0.15) is 12.7 Å². The molecule has 0 aromatic carbocycles. The highest BCUT2D eigenvalue weighted by Gasteiger charge is 2.27. The van der Waals surface area contributed by atoms with Crippen LogP contribution in [0.1, 0.15) is 110 Å². The first-order chi connectivity index (χ1) is 17.2. The number of hydrogen-bond acceptors (Lipinski definition) is 9. The number of aliphatic hydroxyl groups excluding tert-OH is 2. The van der Waals surface area contributed by atoms with Crippen LogP contribution in [0.2, 0.25) is 0 Å². The molecule has 11 heteroatoms. The number of phosphoric ester groups is 1. The third kappa shape index (κ3) is 22.2. The number of esters is 2. The summed E-state index contributed by atoms with van der Waals surface area (Å²) in [7, 11) is -4.58. The Bertz CT molecular complexity index is 601. The van der Waals surface area contributed by atoms with Crippen LogP contribution in [0.25, 0.3) is 0 Å². The van der Waals surface area contributed by atoms with E-state index in [4.69, 9.17) is 19.1 Å². The number of carbonyl (C=O) groups is 2. The van der Waals surface area contributed by atoms with Gasteiger partial charge in [-0.1, -0.05) is 84.5 Å². The second-order valence-electron chi connectivity index (χ2n) is 9.08. The Kier molecular flexibility index (Phi) is 22.5. The number of unbranched alkanes of at least 4 members (excludes halogenated alkanes) is 11. The molecule has 0 rings (SSSR count). The van der Waals surface area contributed by atoms with Crippen LogP contribution in [-0.2, 0) is 32.7 Å². The van der Waals surface area contributed by atoms with Crippen molar-refractivity contribution in [3.63, 3.8) is 0 Å². The average Bonchev–Trinajstić information content (AvgIpc) is 2.85. The highest BCUT2D eigenvalue weighted by Crippen LogP contribution is 2.43. The van der Waals surface area contributed by atoms with E-state index in [1.807, 2.05) is 0 Å². The van der Waals surface area contributed by atoms with Gasteiger partial charge < -0.3 is 24.6 Å². The number of ether oxygens (including phenoxy) is 2. The summed E-state index contributed by atoms with van der Waals surface area (Å²) in [5.74, 6) is -0.943. The predicted octanol–water partition coefficient (Wildman–Crippen LogP) is 4.82. The van der Waals surface area contributed by atoms with Gasteiger partial charge in [-0.25, -0.2) is 4.57 Å². The standard InChI is InChI=1S/C25H49O10P/c1-3-5-7-9-11-13-15-17-25(29)35-23(21-34-36(30,31)33-19-22(27)18-26)20-32-24(28)16-14-12-10-8-6-4-2/h22-23,26-27H,3-21H2,1-2H3,(H,30,31). The van der Waals surface area contributed by atoms with E-state index < -0.39 is 51.8 Å². The summed E-state index contributed by atoms with van der Waals surface area (Å²) in [6.45, 7) is 2.20. The van der Waals surface area contributed by atoms with E-state index in [1.54, 1.807) is 0 Å². The van der Waals surface area contributed by atoms with Gasteiger partial charge in [-0.2, -0.15) is 0 Å². The SMILES string of the molecule is CCCCCCCCCC(=O)OC(COC(=O)CCCCCCCC)COP(=O)(O)OCC(O)CO. The van der Waals surface area contributed by atoms with E-state index in [0.29, 0.717) is 12.8 Å². The molecule has 36 heavy (non-hydrogen) atoms. The second kappa shape index (κ2) is 23.1. The lowest BCUT2D eigenvalue weighted by Gasteiger charge is -2.20. The number of rotatable bonds is 25. The fraction of sp³-hybridized carbons (Fsp3) is 0.920. The molecular weight excluding hydrogens is 491 g/mol. The molecule has 0 saturated heterocycles. The van der Waals surface area contributed by atoms with Crippen LogP contribution in [0.15, 0.2) is 0 Å². The minimum Gasteiger partial charge on any atom is -0.462 e. The molecule has 0 aliphatic carbocycles. The van der Waals surface area contributed by atoms with Crippen LogP contribution < -0.4 is 0 Å². The lowest BCUT2D eigenvalue weighted by Crippen LogP contribution is -2.29. The molecule has 0 radical (unpaired) electrons. The van der Waals surface area contributed by atoms with Gasteiger partial charge in [-0.15, -0.1) is 0 Å². The molecule has 0 aromatic rings. The molecule has 0 aliphatic rings. The lowest BCUT2D eigenvalue weighted by atomic mass is 10.1. The zero-order chi connectivity index (χ0) is 27.1. The zero-order valence-electron chi connectivity index (χ0n) is 22.2. The molecular formula is C25H49O10P. The highest BCUT2D eigenvalue weighted by molar-refractivity contribution is 7.47. The first kappa shape index (κ1) is 35.0. The molecule has 3 unspecified atom stereocenters. The Morgan fingerprint density at radius 2 is 1.19 bits per heavy atom. The molecule has 0 bridgehead atoms. The normalized spacial score (nSPS) is 14.7. The molecule has 3 N–H and O–H groups in total. The van der Waals surface area contributed by atoms with E-state index in [9.17, 15) is 24.2 Å². The molecule has 0 heterocycles. The summed E-state index contributed by atoms with van der Waals surface area (Å²) >= 11 is 0. The summed E-state index contributed by atoms with van der Waals surface area (Å²) < 4.78 is 32.0. The maximum atomic E-state index is 12.3. The summed E-state index contributed by atoms with van der Waals surface area (Å²) in [5, 5.41) is 18.0. The van der Waals surface area contributed by atoms with E-state index in [0.717, 1.165) is 44.9 Å². The van der Waals surface area contributed by atoms with Crippen molar-refractivity contribution < 1.29 is 47.8 Å². The Morgan fingerprint density at radius 1 is 0.722 bits per heavy atom. The van der Waals surface area contributed by atoms with Crippen molar-refractivity contribution in [3.05, 3.63) is 0 Å². The van der Waals surface area contributed by atoms with E-state index >= 15 is 0 Å². The van der Waals surface area contributed by atoms with Gasteiger partial charge in [0.15, 0.2) is 6.10 Å². The fourth-order valence-electron chi connectivity index (χ4n) is 3.34. The van der Waals surface area contributed by atoms with Gasteiger partial charge >= 0.3 is 19.8 Å². The molecule has 214 valence electrons. The number of carbonyl (C=O) groups excluding carboxylic acids is 2. The molecule has 0 saturated carbocycles. The monoisotopic (exact) mass is 540 g/mol. The smallest absolute Gasteiger partial charge is 0.462 e. The molecule has 10 nitrogen and oxygen atoms in total. The zero-order valence-corrected chi connectivity index (χ0v) is 23.1. The van der Waals surface area contributed by atoms with E-state index in [2.05, 4.69) is 18.4 Å². The molecule has 0 amide bonds. The van der Waals surface area contributed by atoms with Crippen LogP contribution >= 0.6 is 7.82 Å². The lowest BCUT2D eigenvalue weighted by molar-refractivity contribution is -0.161. The summed E-state index contributed by atoms with van der Waals surface area (Å²) in [5.41, 5.74) is 0. The third-order valence-electron chi connectivity index (χ3n) is 5.51. The van der Waals surface area contributed by atoms with Gasteiger partial charge in [0.25, 0.3) is 0 Å². The minimum absolute atomic E-state index is 0.186. The molecule has 3 atom stereocenters. The summed E-state index contributed by atoms with van der Waals surface area (Å²) in [4.78, 5) is 34.1. The largest absolute Gasteiger partial charge is 0.472 e. The summed E-state index contributed by atoms with van der Waals surface area (Å²) in [6, 6.07) is 0. The van der Waals surface area contributed by atoms with Crippen molar-refractivity contribution in [1.82, 2.24) is 0 Å². The second-order valence-corrected chi connectivity index (χ2v) is 10.5. The first-order valence-corrected chi connectivity index (χ1v) is 15.0. The molecule has 0 spiro atoms. The Hall–Kier alpha value is -1.03. The maximum absolute atomic E-state index is 12.3. The van der Waals surface area contributed by atoms with Crippen molar-refractivity contribution in [2.75, 3.05) is 26.4 Å². The van der Waals surface area contributed by atoms with Crippen LogP contribution in [0.3, 0.4) is 0 Å². The predicted molar refractivity (Wildman–Crippen MR) is 136 cm³/mol. The molecule has 0 aromatic heterocycles. The van der Waals surface area contributed by atoms with E-state index in [1.165, 1.54) is 25.7 Å². The topological polar surface area (TPSA) is 149 Å². The Balaban J connectivity index is 4.56. The average molecular weight is 541 g/mol.